The molecule has 4 aliphatic carbocycles. The fourth-order valence-electron chi connectivity index (χ4n) is 7.33. The first-order valence-corrected chi connectivity index (χ1v) is 11.7. The summed E-state index contributed by atoms with van der Waals surface area (Å²) in [7, 11) is 0. The van der Waals surface area contributed by atoms with Crippen molar-refractivity contribution in [3.63, 3.8) is 0 Å². The minimum absolute atomic E-state index is 0.106. The van der Waals surface area contributed by atoms with E-state index in [2.05, 4.69) is 25.7 Å². The largest absolute Gasteiger partial charge is 0.396 e. The molecule has 4 heteroatoms. The predicted molar refractivity (Wildman–Crippen MR) is 114 cm³/mol. The minimum Gasteiger partial charge on any atom is -0.396 e. The van der Waals surface area contributed by atoms with Crippen LogP contribution in [-0.4, -0.2) is 42.1 Å². The molecule has 0 bridgehead atoms. The van der Waals surface area contributed by atoms with Gasteiger partial charge >= 0.3 is 0 Å². The van der Waals surface area contributed by atoms with Gasteiger partial charge in [-0.3, -0.25) is 0 Å². The van der Waals surface area contributed by atoms with Crippen molar-refractivity contribution in [2.24, 2.45) is 46.2 Å². The van der Waals surface area contributed by atoms with E-state index in [1.807, 2.05) is 0 Å². The first kappa shape index (κ1) is 20.8. The Morgan fingerprint density at radius 3 is 2.50 bits per heavy atom. The summed E-state index contributed by atoms with van der Waals surface area (Å²) in [6.45, 7) is 11.7. The average Bonchev–Trinajstić information content (AvgIpc) is 3.46. The van der Waals surface area contributed by atoms with E-state index in [1.165, 1.54) is 31.3 Å². The molecule has 0 aromatic rings. The number of aliphatic hydroxyl groups excluding tert-OH is 2. The molecule has 0 saturated heterocycles. The number of fused-ring (bicyclic) bond motifs is 1. The molecule has 4 saturated carbocycles. The molecular formula is C24H42N2O2. The highest BCUT2D eigenvalue weighted by Gasteiger charge is 2.58. The molecule has 28 heavy (non-hydrogen) atoms. The van der Waals surface area contributed by atoms with Crippen LogP contribution in [0.1, 0.15) is 65.2 Å². The lowest BCUT2D eigenvalue weighted by molar-refractivity contribution is -0.0933. The summed E-state index contributed by atoms with van der Waals surface area (Å²) in [6, 6.07) is 0.134. The number of hydrogen-bond donors (Lipinski definition) is 4. The van der Waals surface area contributed by atoms with E-state index in [4.69, 9.17) is 5.73 Å². The summed E-state index contributed by atoms with van der Waals surface area (Å²) in [6.07, 6.45) is 8.59. The molecule has 0 aromatic heterocycles. The van der Waals surface area contributed by atoms with Crippen molar-refractivity contribution < 1.29 is 10.2 Å². The van der Waals surface area contributed by atoms with E-state index in [9.17, 15) is 10.2 Å². The number of nitrogens with two attached hydrogens (primary N) is 1. The molecule has 0 aromatic carbocycles. The Labute approximate surface area is 171 Å². The van der Waals surface area contributed by atoms with Gasteiger partial charge < -0.3 is 21.3 Å². The standard InChI is InChI=1S/C24H42N2O2/c1-15-22(25)11-21-19(13-26-12-16-4-5-16)20(7-9-23(15,21)2)24(3)8-6-18(28)10-17(24)14-27/h16-22,26-28H,1,4-14,25H2,2-3H3/t17-,18+,19-,20?,21?,22?,23-,24+/m1/s1. The Balaban J connectivity index is 1.60. The van der Waals surface area contributed by atoms with Gasteiger partial charge in [0.1, 0.15) is 0 Å². The first-order valence-electron chi connectivity index (χ1n) is 11.7. The van der Waals surface area contributed by atoms with E-state index < -0.39 is 0 Å². The number of rotatable bonds is 6. The second kappa shape index (κ2) is 7.68. The Bertz CT molecular complexity index is 591. The monoisotopic (exact) mass is 390 g/mol. The van der Waals surface area contributed by atoms with Crippen LogP contribution >= 0.6 is 0 Å². The fourth-order valence-corrected chi connectivity index (χ4v) is 7.33. The minimum atomic E-state index is -0.245. The Morgan fingerprint density at radius 1 is 1.07 bits per heavy atom. The number of aliphatic hydroxyl groups is 2. The molecule has 4 fully saturated rings. The van der Waals surface area contributed by atoms with Crippen LogP contribution in [0.4, 0.5) is 0 Å². The summed E-state index contributed by atoms with van der Waals surface area (Å²) in [4.78, 5) is 0. The van der Waals surface area contributed by atoms with Crippen molar-refractivity contribution in [2.45, 2.75) is 77.4 Å². The van der Waals surface area contributed by atoms with Gasteiger partial charge in [-0.05, 0) is 105 Å². The van der Waals surface area contributed by atoms with Crippen LogP contribution in [0.2, 0.25) is 0 Å². The normalized spacial score (nSPS) is 49.2. The zero-order valence-electron chi connectivity index (χ0n) is 18.0. The number of hydrogen-bond acceptors (Lipinski definition) is 4. The van der Waals surface area contributed by atoms with Crippen LogP contribution in [0.15, 0.2) is 12.2 Å². The van der Waals surface area contributed by atoms with Crippen LogP contribution in [0.5, 0.6) is 0 Å². The third kappa shape index (κ3) is 3.49. The molecule has 4 nitrogen and oxygen atoms in total. The summed E-state index contributed by atoms with van der Waals surface area (Å²) in [5, 5.41) is 24.2. The molecule has 0 amide bonds. The van der Waals surface area contributed by atoms with Crippen LogP contribution < -0.4 is 11.1 Å². The van der Waals surface area contributed by atoms with Gasteiger partial charge in [0.2, 0.25) is 0 Å². The maximum atomic E-state index is 10.2. The highest BCUT2D eigenvalue weighted by molar-refractivity contribution is 5.26. The third-order valence-electron chi connectivity index (χ3n) is 9.60. The average molecular weight is 391 g/mol. The van der Waals surface area contributed by atoms with Crippen LogP contribution in [-0.2, 0) is 0 Å². The quantitative estimate of drug-likeness (QED) is 0.526. The molecule has 0 heterocycles. The van der Waals surface area contributed by atoms with Gasteiger partial charge in [0.25, 0.3) is 0 Å². The third-order valence-corrected chi connectivity index (χ3v) is 9.60. The second-order valence-corrected chi connectivity index (χ2v) is 11.1. The molecule has 160 valence electrons. The summed E-state index contributed by atoms with van der Waals surface area (Å²) in [5.41, 5.74) is 8.05. The molecule has 3 unspecified atom stereocenters. The zero-order chi connectivity index (χ0) is 20.1. The van der Waals surface area contributed by atoms with Gasteiger partial charge in [-0.25, -0.2) is 0 Å². The topological polar surface area (TPSA) is 78.5 Å². The highest BCUT2D eigenvalue weighted by Crippen LogP contribution is 2.63. The van der Waals surface area contributed by atoms with E-state index in [1.54, 1.807) is 0 Å². The van der Waals surface area contributed by atoms with E-state index >= 15 is 0 Å². The lowest BCUT2D eigenvalue weighted by atomic mass is 9.49. The summed E-state index contributed by atoms with van der Waals surface area (Å²) < 4.78 is 0. The van der Waals surface area contributed by atoms with Crippen molar-refractivity contribution in [1.29, 1.82) is 0 Å². The zero-order valence-corrected chi connectivity index (χ0v) is 18.0. The van der Waals surface area contributed by atoms with E-state index in [0.717, 1.165) is 44.7 Å². The van der Waals surface area contributed by atoms with Gasteiger partial charge in [-0.1, -0.05) is 26.0 Å². The van der Waals surface area contributed by atoms with Gasteiger partial charge in [0.05, 0.1) is 6.10 Å². The van der Waals surface area contributed by atoms with E-state index in [0.29, 0.717) is 17.8 Å². The maximum Gasteiger partial charge on any atom is 0.0544 e. The van der Waals surface area contributed by atoms with Crippen molar-refractivity contribution in [2.75, 3.05) is 19.7 Å². The predicted octanol–water partition coefficient (Wildman–Crippen LogP) is 3.08. The maximum absolute atomic E-state index is 10.2. The molecule has 0 spiro atoms. The van der Waals surface area contributed by atoms with E-state index in [-0.39, 0.29) is 35.5 Å². The second-order valence-electron chi connectivity index (χ2n) is 11.1. The summed E-state index contributed by atoms with van der Waals surface area (Å²) in [5.74, 6) is 2.84. The lowest BCUT2D eigenvalue weighted by Gasteiger charge is -2.56. The molecular weight excluding hydrogens is 348 g/mol. The first-order chi connectivity index (χ1) is 13.3. The smallest absolute Gasteiger partial charge is 0.0544 e. The molecule has 0 radical (unpaired) electrons. The molecule has 8 atom stereocenters. The van der Waals surface area contributed by atoms with Crippen LogP contribution in [0, 0.1) is 40.4 Å². The Morgan fingerprint density at radius 2 is 1.82 bits per heavy atom. The van der Waals surface area contributed by atoms with Crippen LogP contribution in [0.25, 0.3) is 0 Å². The molecule has 4 rings (SSSR count). The number of nitrogens with one attached hydrogen (secondary N) is 1. The van der Waals surface area contributed by atoms with Gasteiger partial charge in [-0.15, -0.1) is 0 Å². The van der Waals surface area contributed by atoms with Gasteiger partial charge in [-0.2, -0.15) is 0 Å². The van der Waals surface area contributed by atoms with Crippen LogP contribution in [0.3, 0.4) is 0 Å². The summed E-state index contributed by atoms with van der Waals surface area (Å²) >= 11 is 0. The van der Waals surface area contributed by atoms with Crippen molar-refractivity contribution >= 4 is 0 Å². The Kier molecular flexibility index (Phi) is 5.72. The molecule has 5 N–H and O–H groups in total. The molecule has 0 aliphatic heterocycles. The Hall–Kier alpha value is -0.420. The van der Waals surface area contributed by atoms with Crippen molar-refractivity contribution in [3.05, 3.63) is 12.2 Å². The van der Waals surface area contributed by atoms with Gasteiger partial charge in [0, 0.05) is 12.6 Å². The van der Waals surface area contributed by atoms with Gasteiger partial charge in [0.15, 0.2) is 0 Å². The fraction of sp³-hybridized carbons (Fsp3) is 0.917. The highest BCUT2D eigenvalue weighted by atomic mass is 16.3. The van der Waals surface area contributed by atoms with Crippen molar-refractivity contribution in [1.82, 2.24) is 5.32 Å². The SMILES string of the molecule is C=C1C(N)CC2[C@H](CNCC3CC3)C([C@@]3(C)CC[C@H](O)C[C@@H]3CO)CC[C@]12C. The molecule has 4 aliphatic rings. The lowest BCUT2D eigenvalue weighted by Crippen LogP contribution is -2.53. The van der Waals surface area contributed by atoms with Crippen molar-refractivity contribution in [3.8, 4) is 0 Å².